The SMILES string of the molecule is CCC(Cc1ccco1)c1cc(O)c(C(CC)c2cccs2)c(=O)o1. The molecule has 3 aromatic rings. The van der Waals surface area contributed by atoms with Gasteiger partial charge in [0.2, 0.25) is 0 Å². The summed E-state index contributed by atoms with van der Waals surface area (Å²) in [5.41, 5.74) is -0.102. The Labute approximate surface area is 150 Å². The van der Waals surface area contributed by atoms with Crippen molar-refractivity contribution in [3.05, 3.63) is 74.4 Å². The lowest BCUT2D eigenvalue weighted by atomic mass is 9.93. The van der Waals surface area contributed by atoms with Crippen molar-refractivity contribution in [2.45, 2.75) is 44.9 Å². The highest BCUT2D eigenvalue weighted by atomic mass is 32.1. The van der Waals surface area contributed by atoms with E-state index >= 15 is 0 Å². The fourth-order valence-electron chi connectivity index (χ4n) is 3.19. The van der Waals surface area contributed by atoms with Gasteiger partial charge in [0.1, 0.15) is 17.3 Å². The molecule has 2 unspecified atom stereocenters. The van der Waals surface area contributed by atoms with E-state index in [2.05, 4.69) is 0 Å². The molecule has 0 radical (unpaired) electrons. The summed E-state index contributed by atoms with van der Waals surface area (Å²) in [6.45, 7) is 4.03. The molecule has 0 spiro atoms. The van der Waals surface area contributed by atoms with Gasteiger partial charge in [-0.2, -0.15) is 0 Å². The van der Waals surface area contributed by atoms with Crippen molar-refractivity contribution in [3.63, 3.8) is 0 Å². The number of aromatic hydroxyl groups is 1. The molecule has 5 heteroatoms. The van der Waals surface area contributed by atoms with E-state index < -0.39 is 5.63 Å². The van der Waals surface area contributed by atoms with Gasteiger partial charge in [-0.1, -0.05) is 19.9 Å². The van der Waals surface area contributed by atoms with Crippen LogP contribution in [-0.2, 0) is 6.42 Å². The lowest BCUT2D eigenvalue weighted by Gasteiger charge is -2.17. The first-order valence-electron chi connectivity index (χ1n) is 8.56. The van der Waals surface area contributed by atoms with E-state index in [9.17, 15) is 9.90 Å². The van der Waals surface area contributed by atoms with Crippen LogP contribution in [0.15, 0.2) is 55.6 Å². The minimum Gasteiger partial charge on any atom is -0.507 e. The lowest BCUT2D eigenvalue weighted by Crippen LogP contribution is -2.15. The second kappa shape index (κ2) is 7.74. The van der Waals surface area contributed by atoms with E-state index in [-0.39, 0.29) is 17.6 Å². The van der Waals surface area contributed by atoms with Gasteiger partial charge in [0.05, 0.1) is 11.8 Å². The summed E-state index contributed by atoms with van der Waals surface area (Å²) in [6.07, 6.45) is 3.77. The zero-order valence-corrected chi connectivity index (χ0v) is 15.2. The Morgan fingerprint density at radius 2 is 2.04 bits per heavy atom. The molecule has 3 heterocycles. The summed E-state index contributed by atoms with van der Waals surface area (Å²) >= 11 is 1.58. The minimum atomic E-state index is -0.451. The molecular formula is C20H22O4S. The van der Waals surface area contributed by atoms with Crippen molar-refractivity contribution in [1.29, 1.82) is 0 Å². The standard InChI is InChI=1S/C20H22O4S/c1-3-13(11-14-7-5-9-23-14)17-12-16(21)19(20(22)24-17)15(4-2)18-8-6-10-25-18/h5-10,12-13,15,21H,3-4,11H2,1-2H3. The van der Waals surface area contributed by atoms with Crippen LogP contribution in [0.4, 0.5) is 0 Å². The van der Waals surface area contributed by atoms with Crippen molar-refractivity contribution in [3.8, 4) is 5.75 Å². The molecule has 0 amide bonds. The average Bonchev–Trinajstić information content (AvgIpc) is 3.29. The Hall–Kier alpha value is -2.27. The smallest absolute Gasteiger partial charge is 0.343 e. The van der Waals surface area contributed by atoms with E-state index in [1.54, 1.807) is 23.7 Å². The Bertz CT molecular complexity index is 846. The summed E-state index contributed by atoms with van der Waals surface area (Å²) in [5.74, 6) is 1.20. The van der Waals surface area contributed by atoms with E-state index in [1.807, 2.05) is 43.5 Å². The molecular weight excluding hydrogens is 336 g/mol. The molecule has 0 saturated heterocycles. The van der Waals surface area contributed by atoms with Crippen LogP contribution in [0.1, 0.15) is 60.5 Å². The quantitative estimate of drug-likeness (QED) is 0.624. The third-order valence-corrected chi connectivity index (χ3v) is 5.54. The molecule has 4 nitrogen and oxygen atoms in total. The molecule has 25 heavy (non-hydrogen) atoms. The second-order valence-electron chi connectivity index (χ2n) is 6.10. The largest absolute Gasteiger partial charge is 0.507 e. The lowest BCUT2D eigenvalue weighted by molar-refractivity contribution is 0.371. The summed E-state index contributed by atoms with van der Waals surface area (Å²) < 4.78 is 11.0. The van der Waals surface area contributed by atoms with Crippen molar-refractivity contribution in [2.24, 2.45) is 0 Å². The van der Waals surface area contributed by atoms with E-state index in [0.717, 1.165) is 23.5 Å². The maximum atomic E-state index is 12.6. The van der Waals surface area contributed by atoms with Crippen molar-refractivity contribution < 1.29 is 13.9 Å². The van der Waals surface area contributed by atoms with Crippen molar-refractivity contribution in [2.75, 3.05) is 0 Å². The number of hydrogen-bond donors (Lipinski definition) is 1. The van der Waals surface area contributed by atoms with Gasteiger partial charge >= 0.3 is 5.63 Å². The van der Waals surface area contributed by atoms with Gasteiger partial charge < -0.3 is 13.9 Å². The normalized spacial score (nSPS) is 13.7. The van der Waals surface area contributed by atoms with Gasteiger partial charge in [-0.25, -0.2) is 4.79 Å². The van der Waals surface area contributed by atoms with Gasteiger partial charge in [0, 0.05) is 29.2 Å². The number of thiophene rings is 1. The van der Waals surface area contributed by atoms with Crippen LogP contribution >= 0.6 is 11.3 Å². The number of rotatable bonds is 7. The Morgan fingerprint density at radius 3 is 2.60 bits per heavy atom. The molecule has 0 aliphatic carbocycles. The first-order chi connectivity index (χ1) is 12.1. The van der Waals surface area contributed by atoms with Crippen LogP contribution in [0.25, 0.3) is 0 Å². The Morgan fingerprint density at radius 1 is 1.20 bits per heavy atom. The molecule has 3 aromatic heterocycles. The van der Waals surface area contributed by atoms with Gasteiger partial charge in [0.25, 0.3) is 0 Å². The Kier molecular flexibility index (Phi) is 5.43. The number of hydrogen-bond acceptors (Lipinski definition) is 5. The summed E-state index contributed by atoms with van der Waals surface area (Å²) in [5, 5.41) is 12.5. The van der Waals surface area contributed by atoms with Gasteiger partial charge in [-0.15, -0.1) is 11.3 Å². The van der Waals surface area contributed by atoms with Gasteiger partial charge in [0.15, 0.2) is 0 Å². The molecule has 0 aromatic carbocycles. The molecule has 0 fully saturated rings. The molecule has 0 aliphatic heterocycles. The molecule has 2 atom stereocenters. The van der Waals surface area contributed by atoms with Crippen LogP contribution in [0.5, 0.6) is 5.75 Å². The average molecular weight is 358 g/mol. The molecule has 0 aliphatic rings. The molecule has 3 rings (SSSR count). The molecule has 0 bridgehead atoms. The second-order valence-corrected chi connectivity index (χ2v) is 7.08. The monoisotopic (exact) mass is 358 g/mol. The fourth-order valence-corrected chi connectivity index (χ4v) is 4.11. The zero-order valence-electron chi connectivity index (χ0n) is 14.4. The highest BCUT2D eigenvalue weighted by molar-refractivity contribution is 7.10. The van der Waals surface area contributed by atoms with Gasteiger partial charge in [-0.05, 0) is 36.4 Å². The van der Waals surface area contributed by atoms with Crippen molar-refractivity contribution in [1.82, 2.24) is 0 Å². The van der Waals surface area contributed by atoms with E-state index in [4.69, 9.17) is 8.83 Å². The highest BCUT2D eigenvalue weighted by Crippen LogP contribution is 2.36. The van der Waals surface area contributed by atoms with Crippen LogP contribution in [0, 0.1) is 0 Å². The highest BCUT2D eigenvalue weighted by Gasteiger charge is 2.25. The number of furan rings is 1. The minimum absolute atomic E-state index is 0.0133. The van der Waals surface area contributed by atoms with E-state index in [0.29, 0.717) is 17.7 Å². The summed E-state index contributed by atoms with van der Waals surface area (Å²) in [4.78, 5) is 13.7. The molecule has 0 saturated carbocycles. The zero-order chi connectivity index (χ0) is 17.8. The summed E-state index contributed by atoms with van der Waals surface area (Å²) in [7, 11) is 0. The van der Waals surface area contributed by atoms with Crippen LogP contribution < -0.4 is 5.63 Å². The third-order valence-electron chi connectivity index (χ3n) is 4.55. The maximum absolute atomic E-state index is 12.6. The fraction of sp³-hybridized carbons (Fsp3) is 0.350. The van der Waals surface area contributed by atoms with Crippen molar-refractivity contribution >= 4 is 11.3 Å². The first kappa shape index (κ1) is 17.5. The predicted octanol–water partition coefficient (Wildman–Crippen LogP) is 5.28. The Balaban J connectivity index is 1.95. The first-order valence-corrected chi connectivity index (χ1v) is 9.44. The maximum Gasteiger partial charge on any atom is 0.343 e. The molecule has 132 valence electrons. The van der Waals surface area contributed by atoms with Gasteiger partial charge in [-0.3, -0.25) is 0 Å². The van der Waals surface area contributed by atoms with Crippen LogP contribution in [0.2, 0.25) is 0 Å². The van der Waals surface area contributed by atoms with Crippen LogP contribution in [-0.4, -0.2) is 5.11 Å². The van der Waals surface area contributed by atoms with E-state index in [1.165, 1.54) is 0 Å². The van der Waals surface area contributed by atoms with Crippen LogP contribution in [0.3, 0.4) is 0 Å². The third kappa shape index (κ3) is 3.71. The summed E-state index contributed by atoms with van der Waals surface area (Å²) in [6, 6.07) is 9.28. The topological polar surface area (TPSA) is 63.6 Å². The molecule has 1 N–H and O–H groups in total. The predicted molar refractivity (Wildman–Crippen MR) is 98.5 cm³/mol.